The molecular weight excluding hydrogens is 392 g/mol. The average molecular weight is 414 g/mol. The fraction of sp³-hybridized carbons (Fsp3) is 0.273. The third kappa shape index (κ3) is 3.63. The summed E-state index contributed by atoms with van der Waals surface area (Å²) in [4.78, 5) is 25.0. The molecule has 8 heteroatoms. The summed E-state index contributed by atoms with van der Waals surface area (Å²) in [7, 11) is 5.60. The molecule has 1 N–H and O–H groups in total. The number of para-hydroxylation sites is 1. The first-order chi connectivity index (χ1) is 14.5. The van der Waals surface area contributed by atoms with Crippen LogP contribution in [0, 0.1) is 0 Å². The molecule has 0 amide bonds. The molecule has 3 aromatic rings. The maximum absolute atomic E-state index is 12.8. The SMILES string of the molecule is COC(=O)C[C@H](c1ccc(OC)c(OC)c1OC)c1c(O)c2ccccc2oc1=O. The van der Waals surface area contributed by atoms with Crippen LogP contribution >= 0.6 is 0 Å². The fourth-order valence-corrected chi connectivity index (χ4v) is 3.47. The van der Waals surface area contributed by atoms with E-state index in [1.165, 1.54) is 28.4 Å². The molecule has 1 atom stereocenters. The van der Waals surface area contributed by atoms with E-state index in [9.17, 15) is 14.7 Å². The summed E-state index contributed by atoms with van der Waals surface area (Å²) < 4.78 is 26.5. The Morgan fingerprint density at radius 2 is 1.70 bits per heavy atom. The Kier molecular flexibility index (Phi) is 6.15. The van der Waals surface area contributed by atoms with Crippen molar-refractivity contribution < 1.29 is 33.3 Å². The zero-order valence-corrected chi connectivity index (χ0v) is 17.1. The normalized spacial score (nSPS) is 11.7. The number of esters is 1. The van der Waals surface area contributed by atoms with Gasteiger partial charge >= 0.3 is 11.6 Å². The lowest BCUT2D eigenvalue weighted by atomic mass is 9.87. The highest BCUT2D eigenvalue weighted by molar-refractivity contribution is 5.85. The molecule has 0 spiro atoms. The van der Waals surface area contributed by atoms with Crippen LogP contribution in [0.4, 0.5) is 0 Å². The first-order valence-corrected chi connectivity index (χ1v) is 9.07. The lowest BCUT2D eigenvalue weighted by molar-refractivity contribution is -0.140. The number of hydrogen-bond donors (Lipinski definition) is 1. The Labute approximate surface area is 172 Å². The summed E-state index contributed by atoms with van der Waals surface area (Å²) in [6.45, 7) is 0. The van der Waals surface area contributed by atoms with E-state index >= 15 is 0 Å². The molecule has 0 aliphatic carbocycles. The van der Waals surface area contributed by atoms with Gasteiger partial charge in [0.05, 0.1) is 45.8 Å². The molecule has 0 aliphatic heterocycles. The number of carbonyl (C=O) groups excluding carboxylic acids is 1. The molecule has 1 heterocycles. The quantitative estimate of drug-likeness (QED) is 0.464. The van der Waals surface area contributed by atoms with Crippen LogP contribution in [-0.2, 0) is 9.53 Å². The lowest BCUT2D eigenvalue weighted by Gasteiger charge is -2.22. The van der Waals surface area contributed by atoms with E-state index < -0.39 is 17.5 Å². The van der Waals surface area contributed by atoms with Crippen LogP contribution < -0.4 is 19.8 Å². The first-order valence-electron chi connectivity index (χ1n) is 9.07. The van der Waals surface area contributed by atoms with E-state index in [1.54, 1.807) is 36.4 Å². The number of carbonyl (C=O) groups is 1. The van der Waals surface area contributed by atoms with Crippen LogP contribution in [0.15, 0.2) is 45.6 Å². The van der Waals surface area contributed by atoms with Crippen molar-refractivity contribution in [1.29, 1.82) is 0 Å². The van der Waals surface area contributed by atoms with Gasteiger partial charge in [0.2, 0.25) is 5.75 Å². The number of ether oxygens (including phenoxy) is 4. The maximum Gasteiger partial charge on any atom is 0.343 e. The molecule has 0 fully saturated rings. The van der Waals surface area contributed by atoms with Crippen LogP contribution in [0.3, 0.4) is 0 Å². The monoisotopic (exact) mass is 414 g/mol. The fourth-order valence-electron chi connectivity index (χ4n) is 3.47. The van der Waals surface area contributed by atoms with E-state index in [-0.39, 0.29) is 34.8 Å². The number of hydrogen-bond acceptors (Lipinski definition) is 8. The summed E-state index contributed by atoms with van der Waals surface area (Å²) in [5.74, 6) is -0.816. The van der Waals surface area contributed by atoms with Crippen LogP contribution in [0.2, 0.25) is 0 Å². The third-order valence-electron chi connectivity index (χ3n) is 4.88. The highest BCUT2D eigenvalue weighted by Crippen LogP contribution is 2.46. The van der Waals surface area contributed by atoms with E-state index in [0.29, 0.717) is 16.7 Å². The molecule has 30 heavy (non-hydrogen) atoms. The molecule has 0 aliphatic rings. The first kappa shape index (κ1) is 21.0. The molecule has 0 saturated carbocycles. The van der Waals surface area contributed by atoms with Crippen molar-refractivity contribution >= 4 is 16.9 Å². The van der Waals surface area contributed by atoms with Gasteiger partial charge in [-0.15, -0.1) is 0 Å². The van der Waals surface area contributed by atoms with Crippen LogP contribution in [-0.4, -0.2) is 39.5 Å². The number of aromatic hydroxyl groups is 1. The van der Waals surface area contributed by atoms with Crippen LogP contribution in [0.25, 0.3) is 11.0 Å². The van der Waals surface area contributed by atoms with Gasteiger partial charge in [0.1, 0.15) is 11.3 Å². The molecule has 0 radical (unpaired) electrons. The van der Waals surface area contributed by atoms with Crippen molar-refractivity contribution in [3.8, 4) is 23.0 Å². The number of rotatable bonds is 7. The zero-order chi connectivity index (χ0) is 21.8. The second-order valence-corrected chi connectivity index (χ2v) is 6.40. The predicted octanol–water partition coefficient (Wildman–Crippen LogP) is 3.22. The summed E-state index contributed by atoms with van der Waals surface area (Å²) in [5.41, 5.74) is -0.181. The van der Waals surface area contributed by atoms with Crippen molar-refractivity contribution in [2.75, 3.05) is 28.4 Å². The smallest absolute Gasteiger partial charge is 0.343 e. The molecule has 0 unspecified atom stereocenters. The third-order valence-corrected chi connectivity index (χ3v) is 4.88. The highest BCUT2D eigenvalue weighted by atomic mass is 16.5. The van der Waals surface area contributed by atoms with Crippen LogP contribution in [0.5, 0.6) is 23.0 Å². The van der Waals surface area contributed by atoms with Crippen LogP contribution in [0.1, 0.15) is 23.5 Å². The van der Waals surface area contributed by atoms with Crippen molar-refractivity contribution in [3.63, 3.8) is 0 Å². The van der Waals surface area contributed by atoms with Gasteiger partial charge in [-0.25, -0.2) is 4.79 Å². The minimum absolute atomic E-state index is 0.0791. The largest absolute Gasteiger partial charge is 0.507 e. The van der Waals surface area contributed by atoms with Gasteiger partial charge in [0.15, 0.2) is 11.5 Å². The second kappa shape index (κ2) is 8.77. The molecule has 158 valence electrons. The number of benzene rings is 2. The summed E-state index contributed by atoms with van der Waals surface area (Å²) in [6.07, 6.45) is -0.237. The predicted molar refractivity (Wildman–Crippen MR) is 109 cm³/mol. The Balaban J connectivity index is 2.33. The van der Waals surface area contributed by atoms with Gasteiger partial charge in [-0.2, -0.15) is 0 Å². The van der Waals surface area contributed by atoms with E-state index in [2.05, 4.69) is 0 Å². The van der Waals surface area contributed by atoms with Crippen molar-refractivity contribution in [2.24, 2.45) is 0 Å². The van der Waals surface area contributed by atoms with Gasteiger partial charge < -0.3 is 28.5 Å². The molecular formula is C22H22O8. The van der Waals surface area contributed by atoms with E-state index in [0.717, 1.165) is 0 Å². The van der Waals surface area contributed by atoms with Crippen molar-refractivity contribution in [2.45, 2.75) is 12.3 Å². The molecule has 2 aromatic carbocycles. The van der Waals surface area contributed by atoms with Crippen molar-refractivity contribution in [3.05, 3.63) is 57.9 Å². The van der Waals surface area contributed by atoms with E-state index in [1.807, 2.05) is 0 Å². The molecule has 3 rings (SSSR count). The Hall–Kier alpha value is -3.68. The Bertz CT molecular complexity index is 1130. The van der Waals surface area contributed by atoms with Crippen molar-refractivity contribution in [1.82, 2.24) is 0 Å². The van der Waals surface area contributed by atoms with Gasteiger partial charge in [-0.1, -0.05) is 18.2 Å². The number of fused-ring (bicyclic) bond motifs is 1. The summed E-state index contributed by atoms with van der Waals surface area (Å²) in [5, 5.41) is 11.3. The van der Waals surface area contributed by atoms with Gasteiger partial charge in [0.25, 0.3) is 0 Å². The average Bonchev–Trinajstić information content (AvgIpc) is 2.76. The van der Waals surface area contributed by atoms with Gasteiger partial charge in [-0.05, 0) is 18.2 Å². The molecule has 8 nitrogen and oxygen atoms in total. The van der Waals surface area contributed by atoms with Gasteiger partial charge in [-0.3, -0.25) is 4.79 Å². The number of methoxy groups -OCH3 is 4. The molecule has 0 bridgehead atoms. The highest BCUT2D eigenvalue weighted by Gasteiger charge is 2.31. The molecule has 0 saturated heterocycles. The molecule has 1 aromatic heterocycles. The lowest BCUT2D eigenvalue weighted by Crippen LogP contribution is -2.19. The minimum atomic E-state index is -0.923. The summed E-state index contributed by atoms with van der Waals surface area (Å²) >= 11 is 0. The Morgan fingerprint density at radius 3 is 2.33 bits per heavy atom. The topological polar surface area (TPSA) is 104 Å². The second-order valence-electron chi connectivity index (χ2n) is 6.40. The minimum Gasteiger partial charge on any atom is -0.507 e. The summed E-state index contributed by atoms with van der Waals surface area (Å²) in [6, 6.07) is 9.86. The zero-order valence-electron chi connectivity index (χ0n) is 17.1. The van der Waals surface area contributed by atoms with Gasteiger partial charge in [0, 0.05) is 11.5 Å². The van der Waals surface area contributed by atoms with E-state index in [4.69, 9.17) is 23.4 Å². The standard InChI is InChI=1S/C22H22O8/c1-26-16-10-9-12(20(28-3)21(16)29-4)14(11-17(23)27-2)18-19(24)13-7-5-6-8-15(13)30-22(18)25/h5-10,14,24H,11H2,1-4H3/t14-/m1/s1. The Morgan fingerprint density at radius 1 is 1.00 bits per heavy atom. The maximum atomic E-state index is 12.8.